The van der Waals surface area contributed by atoms with E-state index in [-0.39, 0.29) is 11.9 Å². The van der Waals surface area contributed by atoms with E-state index in [1.165, 1.54) is 6.07 Å². The van der Waals surface area contributed by atoms with Gasteiger partial charge in [0.15, 0.2) is 0 Å². The first kappa shape index (κ1) is 14.0. The van der Waals surface area contributed by atoms with Gasteiger partial charge in [-0.15, -0.1) is 0 Å². The van der Waals surface area contributed by atoms with Gasteiger partial charge in [0.2, 0.25) is 5.88 Å². The van der Waals surface area contributed by atoms with Crippen LogP contribution in [0.25, 0.3) is 0 Å². The average molecular weight is 325 g/mol. The van der Waals surface area contributed by atoms with Crippen LogP contribution in [0, 0.1) is 5.82 Å². The van der Waals surface area contributed by atoms with E-state index in [2.05, 4.69) is 26.2 Å². The van der Waals surface area contributed by atoms with Gasteiger partial charge in [-0.2, -0.15) is 0 Å². The number of aromatic nitrogens is 1. The average Bonchev–Trinajstić information content (AvgIpc) is 2.42. The van der Waals surface area contributed by atoms with Crippen molar-refractivity contribution in [3.05, 3.63) is 52.4 Å². The van der Waals surface area contributed by atoms with E-state index < -0.39 is 0 Å². The smallest absolute Gasteiger partial charge is 0.219 e. The Morgan fingerprint density at radius 3 is 2.79 bits per heavy atom. The predicted octanol–water partition coefficient (Wildman–Crippen LogP) is 4.06. The topological polar surface area (TPSA) is 34.2 Å². The van der Waals surface area contributed by atoms with Crippen molar-refractivity contribution in [2.24, 2.45) is 0 Å². The van der Waals surface area contributed by atoms with Crippen LogP contribution in [0.2, 0.25) is 0 Å². The summed E-state index contributed by atoms with van der Waals surface area (Å²) >= 11 is 3.12. The van der Waals surface area contributed by atoms with E-state index in [9.17, 15) is 4.39 Å². The summed E-state index contributed by atoms with van der Waals surface area (Å²) in [7, 11) is 1.89. The molecular formula is C14H14BrFN2O. The minimum atomic E-state index is -0.321. The zero-order valence-electron chi connectivity index (χ0n) is 10.7. The van der Waals surface area contributed by atoms with Gasteiger partial charge in [0, 0.05) is 18.3 Å². The number of benzene rings is 1. The number of hydrogen-bond donors (Lipinski definition) is 1. The van der Waals surface area contributed by atoms with Crippen molar-refractivity contribution < 1.29 is 9.13 Å². The standard InChI is InChI=1S/C14H14BrFN2O/c1-9(17-2)10-5-6-18-14(7-10)19-11-3-4-13(16)12(15)8-11/h3-9,17H,1-2H3. The molecule has 0 radical (unpaired) electrons. The maximum Gasteiger partial charge on any atom is 0.219 e. The Hall–Kier alpha value is -1.46. The van der Waals surface area contributed by atoms with Crippen molar-refractivity contribution in [1.29, 1.82) is 0 Å². The van der Waals surface area contributed by atoms with Crippen molar-refractivity contribution >= 4 is 15.9 Å². The van der Waals surface area contributed by atoms with Crippen LogP contribution in [-0.4, -0.2) is 12.0 Å². The molecule has 1 atom stereocenters. The zero-order valence-corrected chi connectivity index (χ0v) is 12.2. The van der Waals surface area contributed by atoms with Gasteiger partial charge in [-0.25, -0.2) is 9.37 Å². The summed E-state index contributed by atoms with van der Waals surface area (Å²) in [4.78, 5) is 4.14. The van der Waals surface area contributed by atoms with Crippen molar-refractivity contribution in [2.45, 2.75) is 13.0 Å². The van der Waals surface area contributed by atoms with Gasteiger partial charge in [0.05, 0.1) is 4.47 Å². The fraction of sp³-hybridized carbons (Fsp3) is 0.214. The van der Waals surface area contributed by atoms with Crippen molar-refractivity contribution in [1.82, 2.24) is 10.3 Å². The summed E-state index contributed by atoms with van der Waals surface area (Å²) in [5.41, 5.74) is 1.08. The highest BCUT2D eigenvalue weighted by Crippen LogP contribution is 2.26. The number of ether oxygens (including phenoxy) is 1. The summed E-state index contributed by atoms with van der Waals surface area (Å²) in [5.74, 6) is 0.700. The lowest BCUT2D eigenvalue weighted by Gasteiger charge is -2.12. The van der Waals surface area contributed by atoms with E-state index in [4.69, 9.17) is 4.74 Å². The molecule has 0 spiro atoms. The second kappa shape index (κ2) is 6.12. The number of nitrogens with zero attached hydrogens (tertiary/aromatic N) is 1. The summed E-state index contributed by atoms with van der Waals surface area (Å²) < 4.78 is 19.1. The minimum Gasteiger partial charge on any atom is -0.439 e. The largest absolute Gasteiger partial charge is 0.439 e. The van der Waals surface area contributed by atoms with Crippen LogP contribution in [0.15, 0.2) is 41.0 Å². The molecule has 1 N–H and O–H groups in total. The molecule has 0 saturated heterocycles. The Kier molecular flexibility index (Phi) is 4.50. The summed E-state index contributed by atoms with van der Waals surface area (Å²) in [6, 6.07) is 8.48. The van der Waals surface area contributed by atoms with Gasteiger partial charge in [-0.05, 0) is 59.7 Å². The number of hydrogen-bond acceptors (Lipinski definition) is 3. The summed E-state index contributed by atoms with van der Waals surface area (Å²) in [6.45, 7) is 2.05. The fourth-order valence-electron chi connectivity index (χ4n) is 1.58. The number of halogens is 2. The Balaban J connectivity index is 2.20. The molecule has 100 valence electrons. The first-order chi connectivity index (χ1) is 9.10. The molecule has 1 heterocycles. The number of nitrogens with one attached hydrogen (secondary N) is 1. The van der Waals surface area contributed by atoms with E-state index >= 15 is 0 Å². The molecule has 0 aliphatic rings. The van der Waals surface area contributed by atoms with Gasteiger partial charge in [0.1, 0.15) is 11.6 Å². The Bertz CT molecular complexity index is 577. The van der Waals surface area contributed by atoms with Crippen LogP contribution in [0.5, 0.6) is 11.6 Å². The maximum absolute atomic E-state index is 13.1. The highest BCUT2D eigenvalue weighted by atomic mass is 79.9. The zero-order chi connectivity index (χ0) is 13.8. The van der Waals surface area contributed by atoms with Crippen LogP contribution in [0.4, 0.5) is 4.39 Å². The van der Waals surface area contributed by atoms with Gasteiger partial charge in [0.25, 0.3) is 0 Å². The molecule has 0 aliphatic heterocycles. The van der Waals surface area contributed by atoms with Gasteiger partial charge in [-0.3, -0.25) is 0 Å². The van der Waals surface area contributed by atoms with Crippen LogP contribution in [-0.2, 0) is 0 Å². The number of rotatable bonds is 4. The second-order valence-corrected chi connectivity index (χ2v) is 4.97. The lowest BCUT2D eigenvalue weighted by molar-refractivity contribution is 0.458. The fourth-order valence-corrected chi connectivity index (χ4v) is 1.94. The molecule has 0 amide bonds. The molecule has 0 fully saturated rings. The molecule has 3 nitrogen and oxygen atoms in total. The van der Waals surface area contributed by atoms with Crippen molar-refractivity contribution in [3.8, 4) is 11.6 Å². The molecule has 5 heteroatoms. The van der Waals surface area contributed by atoms with E-state index in [0.29, 0.717) is 16.1 Å². The van der Waals surface area contributed by atoms with Crippen LogP contribution < -0.4 is 10.1 Å². The third-order valence-corrected chi connectivity index (χ3v) is 3.41. The van der Waals surface area contributed by atoms with E-state index in [1.807, 2.05) is 26.1 Å². The maximum atomic E-state index is 13.1. The highest BCUT2D eigenvalue weighted by Gasteiger charge is 2.07. The highest BCUT2D eigenvalue weighted by molar-refractivity contribution is 9.10. The van der Waals surface area contributed by atoms with Crippen LogP contribution in [0.1, 0.15) is 18.5 Å². The third-order valence-electron chi connectivity index (χ3n) is 2.81. The van der Waals surface area contributed by atoms with E-state index in [1.54, 1.807) is 18.3 Å². The molecule has 0 bridgehead atoms. The van der Waals surface area contributed by atoms with Crippen LogP contribution in [0.3, 0.4) is 0 Å². The normalized spacial score (nSPS) is 12.2. The monoisotopic (exact) mass is 324 g/mol. The van der Waals surface area contributed by atoms with Gasteiger partial charge >= 0.3 is 0 Å². The SMILES string of the molecule is CNC(C)c1ccnc(Oc2ccc(F)c(Br)c2)c1. The Labute approximate surface area is 119 Å². The molecular weight excluding hydrogens is 311 g/mol. The molecule has 1 aromatic carbocycles. The lowest BCUT2D eigenvalue weighted by Crippen LogP contribution is -2.12. The van der Waals surface area contributed by atoms with Crippen molar-refractivity contribution in [3.63, 3.8) is 0 Å². The molecule has 1 aromatic heterocycles. The molecule has 2 aromatic rings. The van der Waals surface area contributed by atoms with Gasteiger partial charge < -0.3 is 10.1 Å². The molecule has 2 rings (SSSR count). The summed E-state index contributed by atoms with van der Waals surface area (Å²) in [6.07, 6.45) is 1.69. The second-order valence-electron chi connectivity index (χ2n) is 4.12. The number of pyridine rings is 1. The van der Waals surface area contributed by atoms with Crippen molar-refractivity contribution in [2.75, 3.05) is 7.05 Å². The van der Waals surface area contributed by atoms with Gasteiger partial charge in [-0.1, -0.05) is 0 Å². The Morgan fingerprint density at radius 2 is 2.11 bits per heavy atom. The summed E-state index contributed by atoms with van der Waals surface area (Å²) in [5, 5.41) is 3.15. The first-order valence-corrected chi connectivity index (χ1v) is 6.65. The molecule has 0 saturated carbocycles. The minimum absolute atomic E-state index is 0.213. The first-order valence-electron chi connectivity index (χ1n) is 5.86. The Morgan fingerprint density at radius 1 is 1.32 bits per heavy atom. The third kappa shape index (κ3) is 3.52. The molecule has 19 heavy (non-hydrogen) atoms. The predicted molar refractivity (Wildman–Crippen MR) is 75.9 cm³/mol. The molecule has 1 unspecified atom stereocenters. The van der Waals surface area contributed by atoms with Crippen LogP contribution >= 0.6 is 15.9 Å². The quantitative estimate of drug-likeness (QED) is 0.921. The van der Waals surface area contributed by atoms with E-state index in [0.717, 1.165) is 5.56 Å². The molecule has 0 aliphatic carbocycles. The lowest BCUT2D eigenvalue weighted by atomic mass is 10.1.